The van der Waals surface area contributed by atoms with Gasteiger partial charge in [0, 0.05) is 12.7 Å². The van der Waals surface area contributed by atoms with Crippen molar-refractivity contribution in [1.29, 1.82) is 0 Å². The third-order valence-corrected chi connectivity index (χ3v) is 3.85. The number of aromatic nitrogens is 2. The number of aryl methyl sites for hydroxylation is 1. The predicted molar refractivity (Wildman–Crippen MR) is 84.5 cm³/mol. The van der Waals surface area contributed by atoms with Gasteiger partial charge in [0.1, 0.15) is 0 Å². The summed E-state index contributed by atoms with van der Waals surface area (Å²) < 4.78 is 1.88. The molecule has 1 unspecified atom stereocenters. The molecule has 20 heavy (non-hydrogen) atoms. The predicted octanol–water partition coefficient (Wildman–Crippen LogP) is 3.61. The van der Waals surface area contributed by atoms with E-state index < -0.39 is 0 Å². The molecular formula is C16H22ClN3. The Hall–Kier alpha value is -1.32. The number of likely N-dealkylation sites (N-methyl/N-ethyl adjacent to an activating group) is 1. The third-order valence-electron chi connectivity index (χ3n) is 3.48. The second-order valence-electron chi connectivity index (χ2n) is 5.21. The summed E-state index contributed by atoms with van der Waals surface area (Å²) >= 11 is 6.02. The minimum absolute atomic E-state index is 0.533. The van der Waals surface area contributed by atoms with Crippen LogP contribution in [0.4, 0.5) is 0 Å². The molecule has 0 saturated heterocycles. The van der Waals surface area contributed by atoms with E-state index in [0.29, 0.717) is 5.92 Å². The van der Waals surface area contributed by atoms with Crippen LogP contribution in [0.5, 0.6) is 0 Å². The van der Waals surface area contributed by atoms with Gasteiger partial charge in [0.15, 0.2) is 0 Å². The highest BCUT2D eigenvalue weighted by molar-refractivity contribution is 6.31. The summed E-state index contributed by atoms with van der Waals surface area (Å²) in [7, 11) is 0. The van der Waals surface area contributed by atoms with Crippen molar-refractivity contribution in [3.63, 3.8) is 0 Å². The molecule has 108 valence electrons. The minimum atomic E-state index is 0.533. The maximum atomic E-state index is 6.02. The van der Waals surface area contributed by atoms with Crippen molar-refractivity contribution in [2.45, 2.75) is 33.2 Å². The van der Waals surface area contributed by atoms with Gasteiger partial charge in [-0.05, 0) is 30.5 Å². The fourth-order valence-corrected chi connectivity index (χ4v) is 2.34. The number of benzene rings is 1. The topological polar surface area (TPSA) is 29.9 Å². The SMILES string of the molecule is CCNCC(C)c1ccc(Cn2cc(Cl)c(C)n2)cc1. The van der Waals surface area contributed by atoms with Crippen LogP contribution in [0.3, 0.4) is 0 Å². The Morgan fingerprint density at radius 1 is 1.30 bits per heavy atom. The van der Waals surface area contributed by atoms with Crippen molar-refractivity contribution in [2.24, 2.45) is 0 Å². The summed E-state index contributed by atoms with van der Waals surface area (Å²) in [6.45, 7) is 9.09. The maximum Gasteiger partial charge on any atom is 0.0815 e. The van der Waals surface area contributed by atoms with E-state index in [1.165, 1.54) is 11.1 Å². The van der Waals surface area contributed by atoms with Crippen molar-refractivity contribution >= 4 is 11.6 Å². The second kappa shape index (κ2) is 6.91. The first kappa shape index (κ1) is 15.1. The molecule has 2 rings (SSSR count). The van der Waals surface area contributed by atoms with E-state index in [-0.39, 0.29) is 0 Å². The highest BCUT2D eigenvalue weighted by atomic mass is 35.5. The summed E-state index contributed by atoms with van der Waals surface area (Å²) in [5.74, 6) is 0.533. The van der Waals surface area contributed by atoms with Crippen molar-refractivity contribution in [2.75, 3.05) is 13.1 Å². The minimum Gasteiger partial charge on any atom is -0.316 e. The lowest BCUT2D eigenvalue weighted by molar-refractivity contribution is 0.634. The van der Waals surface area contributed by atoms with Crippen LogP contribution in [-0.4, -0.2) is 22.9 Å². The molecule has 2 aromatic rings. The van der Waals surface area contributed by atoms with Crippen molar-refractivity contribution < 1.29 is 0 Å². The Bertz CT molecular complexity index is 526. The molecule has 0 spiro atoms. The van der Waals surface area contributed by atoms with Gasteiger partial charge >= 0.3 is 0 Å². The molecule has 1 aromatic carbocycles. The normalized spacial score (nSPS) is 12.6. The van der Waals surface area contributed by atoms with Crippen LogP contribution in [0.1, 0.15) is 36.6 Å². The lowest BCUT2D eigenvalue weighted by atomic mass is 10.00. The molecular weight excluding hydrogens is 270 g/mol. The molecule has 0 bridgehead atoms. The number of nitrogens with one attached hydrogen (secondary N) is 1. The molecule has 1 heterocycles. The first-order valence-electron chi connectivity index (χ1n) is 7.09. The molecule has 0 saturated carbocycles. The van der Waals surface area contributed by atoms with Gasteiger partial charge in [0.05, 0.1) is 17.3 Å². The molecule has 4 heteroatoms. The number of rotatable bonds is 6. The van der Waals surface area contributed by atoms with E-state index in [2.05, 4.69) is 48.5 Å². The van der Waals surface area contributed by atoms with Gasteiger partial charge in [-0.25, -0.2) is 0 Å². The van der Waals surface area contributed by atoms with Crippen LogP contribution in [0.2, 0.25) is 5.02 Å². The average Bonchev–Trinajstić information content (AvgIpc) is 2.75. The smallest absolute Gasteiger partial charge is 0.0815 e. The average molecular weight is 292 g/mol. The van der Waals surface area contributed by atoms with Crippen LogP contribution in [0.25, 0.3) is 0 Å². The molecule has 0 fully saturated rings. The van der Waals surface area contributed by atoms with Gasteiger partial charge in [-0.3, -0.25) is 4.68 Å². The molecule has 0 radical (unpaired) electrons. The molecule has 0 aliphatic carbocycles. The summed E-state index contributed by atoms with van der Waals surface area (Å²) in [6.07, 6.45) is 1.87. The first-order chi connectivity index (χ1) is 9.60. The molecule has 0 amide bonds. The van der Waals surface area contributed by atoms with Crippen molar-refractivity contribution in [1.82, 2.24) is 15.1 Å². The first-order valence-corrected chi connectivity index (χ1v) is 7.47. The third kappa shape index (κ3) is 3.84. The van der Waals surface area contributed by atoms with Crippen LogP contribution in [0, 0.1) is 6.92 Å². The fourth-order valence-electron chi connectivity index (χ4n) is 2.19. The van der Waals surface area contributed by atoms with Crippen LogP contribution < -0.4 is 5.32 Å². The van der Waals surface area contributed by atoms with Gasteiger partial charge < -0.3 is 5.32 Å². The van der Waals surface area contributed by atoms with Gasteiger partial charge in [-0.2, -0.15) is 5.10 Å². The fraction of sp³-hybridized carbons (Fsp3) is 0.438. The number of hydrogen-bond donors (Lipinski definition) is 1. The highest BCUT2D eigenvalue weighted by Gasteiger charge is 2.06. The van der Waals surface area contributed by atoms with E-state index in [4.69, 9.17) is 11.6 Å². The van der Waals surface area contributed by atoms with Gasteiger partial charge in [-0.1, -0.05) is 49.7 Å². The van der Waals surface area contributed by atoms with Crippen LogP contribution >= 0.6 is 11.6 Å². The molecule has 1 aromatic heterocycles. The van der Waals surface area contributed by atoms with Crippen LogP contribution in [0.15, 0.2) is 30.5 Å². The van der Waals surface area contributed by atoms with Crippen LogP contribution in [-0.2, 0) is 6.54 Å². The number of nitrogens with zero attached hydrogens (tertiary/aromatic N) is 2. The van der Waals surface area contributed by atoms with Crippen molar-refractivity contribution in [3.05, 3.63) is 52.3 Å². The zero-order valence-electron chi connectivity index (χ0n) is 12.4. The molecule has 0 aliphatic heterocycles. The lowest BCUT2D eigenvalue weighted by Gasteiger charge is -2.13. The van der Waals surface area contributed by atoms with E-state index in [1.807, 2.05) is 17.8 Å². The Morgan fingerprint density at radius 2 is 2.00 bits per heavy atom. The summed E-state index contributed by atoms with van der Waals surface area (Å²) in [5.41, 5.74) is 3.48. The Labute approximate surface area is 126 Å². The van der Waals surface area contributed by atoms with E-state index in [0.717, 1.165) is 30.4 Å². The summed E-state index contributed by atoms with van der Waals surface area (Å²) in [5, 5.41) is 8.48. The quantitative estimate of drug-likeness (QED) is 0.881. The Morgan fingerprint density at radius 3 is 2.55 bits per heavy atom. The molecule has 1 atom stereocenters. The van der Waals surface area contributed by atoms with E-state index in [9.17, 15) is 0 Å². The largest absolute Gasteiger partial charge is 0.316 e. The van der Waals surface area contributed by atoms with E-state index in [1.54, 1.807) is 0 Å². The zero-order valence-corrected chi connectivity index (χ0v) is 13.1. The lowest BCUT2D eigenvalue weighted by Crippen LogP contribution is -2.19. The second-order valence-corrected chi connectivity index (χ2v) is 5.62. The monoisotopic (exact) mass is 291 g/mol. The Balaban J connectivity index is 2.01. The highest BCUT2D eigenvalue weighted by Crippen LogP contribution is 2.17. The molecule has 0 aliphatic rings. The van der Waals surface area contributed by atoms with E-state index >= 15 is 0 Å². The molecule has 3 nitrogen and oxygen atoms in total. The van der Waals surface area contributed by atoms with Gasteiger partial charge in [0.25, 0.3) is 0 Å². The molecule has 1 N–H and O–H groups in total. The van der Waals surface area contributed by atoms with Crippen molar-refractivity contribution in [3.8, 4) is 0 Å². The Kier molecular flexibility index (Phi) is 5.21. The summed E-state index contributed by atoms with van der Waals surface area (Å²) in [4.78, 5) is 0. The van der Waals surface area contributed by atoms with Gasteiger partial charge in [0.2, 0.25) is 0 Å². The maximum absolute atomic E-state index is 6.02. The zero-order chi connectivity index (χ0) is 14.5. The summed E-state index contributed by atoms with van der Waals surface area (Å²) in [6, 6.07) is 8.75. The number of halogens is 1. The number of hydrogen-bond acceptors (Lipinski definition) is 2. The standard InChI is InChI=1S/C16H22ClN3/c1-4-18-9-12(2)15-7-5-14(6-8-15)10-20-11-16(17)13(3)19-20/h5-8,11-12,18H,4,9-10H2,1-3H3. The van der Waals surface area contributed by atoms with Gasteiger partial charge in [-0.15, -0.1) is 0 Å².